The third kappa shape index (κ3) is 2.77. The van der Waals surface area contributed by atoms with Crippen molar-refractivity contribution in [1.82, 2.24) is 5.32 Å². The molecule has 2 fully saturated rings. The van der Waals surface area contributed by atoms with Crippen LogP contribution in [0, 0.1) is 26.1 Å². The first-order chi connectivity index (χ1) is 11.4. The van der Waals surface area contributed by atoms with Gasteiger partial charge >= 0.3 is 5.97 Å². The molecule has 10 heteroatoms. The summed E-state index contributed by atoms with van der Waals surface area (Å²) in [6.07, 6.45) is 2.14. The van der Waals surface area contributed by atoms with E-state index in [9.17, 15) is 29.8 Å². The monoisotopic (exact) mass is 335 g/mol. The number of fused-ring (bicyclic) bond motifs is 1. The van der Waals surface area contributed by atoms with Gasteiger partial charge in [-0.15, -0.1) is 0 Å². The zero-order chi connectivity index (χ0) is 17.4. The molecule has 1 aromatic rings. The van der Waals surface area contributed by atoms with Gasteiger partial charge in [-0.25, -0.2) is 4.79 Å². The van der Waals surface area contributed by atoms with E-state index in [2.05, 4.69) is 5.32 Å². The number of amides is 1. The van der Waals surface area contributed by atoms with Crippen LogP contribution in [0.15, 0.2) is 18.2 Å². The van der Waals surface area contributed by atoms with Gasteiger partial charge in [0.1, 0.15) is 12.1 Å². The molecule has 3 atom stereocenters. The molecule has 0 bridgehead atoms. The van der Waals surface area contributed by atoms with E-state index in [0.717, 1.165) is 37.5 Å². The van der Waals surface area contributed by atoms with Crippen LogP contribution in [0.5, 0.6) is 0 Å². The second-order valence-electron chi connectivity index (χ2n) is 5.77. The van der Waals surface area contributed by atoms with E-state index in [4.69, 9.17) is 4.74 Å². The van der Waals surface area contributed by atoms with Crippen molar-refractivity contribution >= 4 is 23.3 Å². The average molecular weight is 335 g/mol. The van der Waals surface area contributed by atoms with Gasteiger partial charge in [0.2, 0.25) is 0 Å². The van der Waals surface area contributed by atoms with Crippen molar-refractivity contribution in [2.24, 2.45) is 5.92 Å². The number of esters is 1. The molecule has 0 spiro atoms. The Bertz CT molecular complexity index is 716. The number of nitrogens with zero attached hydrogens (tertiary/aromatic N) is 2. The molecule has 1 saturated carbocycles. The number of benzene rings is 1. The lowest BCUT2D eigenvalue weighted by molar-refractivity contribution is -0.394. The molecule has 0 aromatic heterocycles. The number of nitro benzene ring substituents is 2. The first-order valence-corrected chi connectivity index (χ1v) is 7.32. The minimum atomic E-state index is -0.830. The predicted octanol–water partition coefficient (Wildman–Crippen LogP) is 1.33. The van der Waals surface area contributed by atoms with Crippen LogP contribution in [0.2, 0.25) is 0 Å². The third-order valence-corrected chi connectivity index (χ3v) is 4.33. The number of hydrogen-bond acceptors (Lipinski definition) is 7. The van der Waals surface area contributed by atoms with Gasteiger partial charge in [-0.1, -0.05) is 0 Å². The van der Waals surface area contributed by atoms with Crippen molar-refractivity contribution < 1.29 is 24.2 Å². The molecular formula is C14H13N3O7. The van der Waals surface area contributed by atoms with E-state index in [1.165, 1.54) is 0 Å². The Morgan fingerprint density at radius 3 is 2.33 bits per heavy atom. The van der Waals surface area contributed by atoms with Gasteiger partial charge in [0.05, 0.1) is 21.5 Å². The first kappa shape index (κ1) is 15.8. The van der Waals surface area contributed by atoms with E-state index in [1.54, 1.807) is 0 Å². The third-order valence-electron chi connectivity index (χ3n) is 4.33. The summed E-state index contributed by atoms with van der Waals surface area (Å²) >= 11 is 0. The number of ether oxygens (including phenoxy) is 1. The standard InChI is InChI=1S/C14H13N3O7/c18-13(15-12-10-2-1-3-11(10)24-14(12)19)7-4-8(16(20)21)6-9(5-7)17(22)23/h4-6,10-12H,1-3H2,(H,15,18)/t10-,11+,12-/m1/s1. The normalized spacial score (nSPS) is 25.0. The lowest BCUT2D eigenvalue weighted by Gasteiger charge is -2.15. The summed E-state index contributed by atoms with van der Waals surface area (Å²) in [4.78, 5) is 44.3. The topological polar surface area (TPSA) is 142 Å². The molecule has 1 aromatic carbocycles. The Hall–Kier alpha value is -3.04. The number of nitrogens with one attached hydrogen (secondary N) is 1. The lowest BCUT2D eigenvalue weighted by Crippen LogP contribution is -2.42. The Morgan fingerprint density at radius 1 is 1.12 bits per heavy atom. The smallest absolute Gasteiger partial charge is 0.329 e. The average Bonchev–Trinajstić information content (AvgIpc) is 3.09. The number of carbonyl (C=O) groups is 2. The quantitative estimate of drug-likeness (QED) is 0.497. The molecule has 1 saturated heterocycles. The Labute approximate surface area is 135 Å². The maximum atomic E-state index is 12.3. The van der Waals surface area contributed by atoms with Crippen LogP contribution in [0.3, 0.4) is 0 Å². The summed E-state index contributed by atoms with van der Waals surface area (Å²) in [6, 6.07) is 1.82. The second-order valence-corrected chi connectivity index (χ2v) is 5.77. The fraction of sp³-hybridized carbons (Fsp3) is 0.429. The molecular weight excluding hydrogens is 322 g/mol. The highest BCUT2D eigenvalue weighted by Crippen LogP contribution is 2.36. The van der Waals surface area contributed by atoms with Crippen LogP contribution in [-0.4, -0.2) is 33.9 Å². The molecule has 1 aliphatic heterocycles. The minimum Gasteiger partial charge on any atom is -0.460 e. The van der Waals surface area contributed by atoms with Crippen LogP contribution in [0.1, 0.15) is 29.6 Å². The highest BCUT2D eigenvalue weighted by atomic mass is 16.6. The van der Waals surface area contributed by atoms with Crippen LogP contribution in [-0.2, 0) is 9.53 Å². The molecule has 10 nitrogen and oxygen atoms in total. The molecule has 1 amide bonds. The highest BCUT2D eigenvalue weighted by Gasteiger charge is 2.47. The van der Waals surface area contributed by atoms with Crippen molar-refractivity contribution in [3.8, 4) is 0 Å². The van der Waals surface area contributed by atoms with E-state index < -0.39 is 39.1 Å². The van der Waals surface area contributed by atoms with Crippen molar-refractivity contribution in [2.75, 3.05) is 0 Å². The Kier molecular flexibility index (Phi) is 3.87. The summed E-state index contributed by atoms with van der Waals surface area (Å²) in [5, 5.41) is 24.2. The molecule has 24 heavy (non-hydrogen) atoms. The Balaban J connectivity index is 1.85. The molecule has 0 unspecified atom stereocenters. The number of non-ortho nitro benzene ring substituents is 2. The fourth-order valence-corrected chi connectivity index (χ4v) is 3.21. The summed E-state index contributed by atoms with van der Waals surface area (Å²) < 4.78 is 5.19. The lowest BCUT2D eigenvalue weighted by atomic mass is 9.98. The van der Waals surface area contributed by atoms with Crippen molar-refractivity contribution in [2.45, 2.75) is 31.4 Å². The molecule has 1 N–H and O–H groups in total. The molecule has 2 aliphatic rings. The van der Waals surface area contributed by atoms with Gasteiger partial charge in [0, 0.05) is 18.1 Å². The molecule has 1 aliphatic carbocycles. The van der Waals surface area contributed by atoms with Crippen LogP contribution >= 0.6 is 0 Å². The van der Waals surface area contributed by atoms with E-state index >= 15 is 0 Å². The predicted molar refractivity (Wildman–Crippen MR) is 78.2 cm³/mol. The van der Waals surface area contributed by atoms with E-state index in [0.29, 0.717) is 0 Å². The molecule has 0 radical (unpaired) electrons. The zero-order valence-electron chi connectivity index (χ0n) is 12.3. The fourth-order valence-electron chi connectivity index (χ4n) is 3.21. The number of rotatable bonds is 4. The van der Waals surface area contributed by atoms with Gasteiger partial charge in [0.25, 0.3) is 17.3 Å². The first-order valence-electron chi connectivity index (χ1n) is 7.32. The van der Waals surface area contributed by atoms with Crippen molar-refractivity contribution in [3.63, 3.8) is 0 Å². The summed E-state index contributed by atoms with van der Waals surface area (Å²) in [5.41, 5.74) is -1.38. The number of carbonyl (C=O) groups excluding carboxylic acids is 2. The van der Waals surface area contributed by atoms with E-state index in [-0.39, 0.29) is 17.6 Å². The summed E-state index contributed by atoms with van der Waals surface area (Å²) in [5.74, 6) is -1.45. The van der Waals surface area contributed by atoms with Crippen LogP contribution in [0.4, 0.5) is 11.4 Å². The molecule has 3 rings (SSSR count). The van der Waals surface area contributed by atoms with E-state index in [1.807, 2.05) is 0 Å². The minimum absolute atomic E-state index is 0.130. The van der Waals surface area contributed by atoms with Crippen LogP contribution < -0.4 is 5.32 Å². The van der Waals surface area contributed by atoms with Gasteiger partial charge in [-0.3, -0.25) is 25.0 Å². The molecule has 126 valence electrons. The van der Waals surface area contributed by atoms with Crippen molar-refractivity contribution in [1.29, 1.82) is 0 Å². The highest BCUT2D eigenvalue weighted by molar-refractivity contribution is 5.98. The van der Waals surface area contributed by atoms with Gasteiger partial charge in [-0.2, -0.15) is 0 Å². The maximum Gasteiger partial charge on any atom is 0.329 e. The summed E-state index contributed by atoms with van der Waals surface area (Å²) in [6.45, 7) is 0. The number of hydrogen-bond donors (Lipinski definition) is 1. The SMILES string of the molecule is O=C(N[C@H]1C(=O)O[C@H]2CCC[C@H]21)c1cc([N+](=O)[O-])cc([N+](=O)[O-])c1. The maximum absolute atomic E-state index is 12.3. The van der Waals surface area contributed by atoms with Gasteiger partial charge in [-0.05, 0) is 19.3 Å². The Morgan fingerprint density at radius 2 is 1.75 bits per heavy atom. The largest absolute Gasteiger partial charge is 0.460 e. The van der Waals surface area contributed by atoms with Gasteiger partial charge < -0.3 is 10.1 Å². The zero-order valence-corrected chi connectivity index (χ0v) is 12.3. The van der Waals surface area contributed by atoms with Gasteiger partial charge in [0.15, 0.2) is 0 Å². The molecule has 1 heterocycles. The van der Waals surface area contributed by atoms with Crippen molar-refractivity contribution in [3.05, 3.63) is 44.0 Å². The summed E-state index contributed by atoms with van der Waals surface area (Å²) in [7, 11) is 0. The number of nitro groups is 2. The second kappa shape index (κ2) is 5.87. The van der Waals surface area contributed by atoms with Crippen LogP contribution in [0.25, 0.3) is 0 Å².